The molecule has 1 saturated carbocycles. The lowest BCUT2D eigenvalue weighted by Crippen LogP contribution is -2.44. The summed E-state index contributed by atoms with van der Waals surface area (Å²) in [5.74, 6) is 1.54. The van der Waals surface area contributed by atoms with E-state index in [0.29, 0.717) is 25.7 Å². The molecule has 2 fully saturated rings. The number of hydrogen-bond acceptors (Lipinski definition) is 5. The summed E-state index contributed by atoms with van der Waals surface area (Å²) in [7, 11) is -1.13. The molecule has 33 heavy (non-hydrogen) atoms. The smallest absolute Gasteiger partial charge is 0.407 e. The van der Waals surface area contributed by atoms with Gasteiger partial charge in [0.1, 0.15) is 24.5 Å². The van der Waals surface area contributed by atoms with Crippen LogP contribution < -0.4 is 5.32 Å². The quantitative estimate of drug-likeness (QED) is 0.392. The van der Waals surface area contributed by atoms with E-state index in [2.05, 4.69) is 45.7 Å². The number of aromatic nitrogens is 3. The maximum Gasteiger partial charge on any atom is 0.407 e. The molecule has 9 heteroatoms. The van der Waals surface area contributed by atoms with Crippen LogP contribution in [0.4, 0.5) is 10.6 Å². The average Bonchev–Trinajstić information content (AvgIpc) is 3.40. The van der Waals surface area contributed by atoms with Gasteiger partial charge in [-0.2, -0.15) is 0 Å². The Morgan fingerprint density at radius 2 is 2.00 bits per heavy atom. The Bertz CT molecular complexity index is 951. The molecule has 1 aliphatic carbocycles. The highest BCUT2D eigenvalue weighted by Gasteiger charge is 2.26. The van der Waals surface area contributed by atoms with E-state index >= 15 is 0 Å². The van der Waals surface area contributed by atoms with Gasteiger partial charge in [0.25, 0.3) is 0 Å². The Morgan fingerprint density at radius 3 is 2.73 bits per heavy atom. The highest BCUT2D eigenvalue weighted by Crippen LogP contribution is 2.34. The third-order valence-electron chi connectivity index (χ3n) is 6.97. The summed E-state index contributed by atoms with van der Waals surface area (Å²) in [6.45, 7) is 9.45. The number of carbonyl (C=O) groups is 1. The molecule has 2 aromatic rings. The minimum atomic E-state index is -1.13. The largest absolute Gasteiger partial charge is 0.465 e. The third-order valence-corrected chi connectivity index (χ3v) is 8.68. The fraction of sp³-hybridized carbons (Fsp3) is 0.708. The fourth-order valence-electron chi connectivity index (χ4n) is 5.09. The maximum absolute atomic E-state index is 11.5. The normalized spacial score (nSPS) is 20.0. The second-order valence-corrected chi connectivity index (χ2v) is 16.6. The molecule has 1 amide bonds. The van der Waals surface area contributed by atoms with Gasteiger partial charge in [0, 0.05) is 40.0 Å². The average molecular weight is 474 g/mol. The molecule has 0 bridgehead atoms. The van der Waals surface area contributed by atoms with Gasteiger partial charge in [-0.05, 0) is 36.8 Å². The highest BCUT2D eigenvalue weighted by molar-refractivity contribution is 6.76. The first-order valence-corrected chi connectivity index (χ1v) is 16.2. The van der Waals surface area contributed by atoms with Gasteiger partial charge in [-0.3, -0.25) is 0 Å². The lowest BCUT2D eigenvalue weighted by atomic mass is 9.98. The lowest BCUT2D eigenvalue weighted by Gasteiger charge is -2.31. The van der Waals surface area contributed by atoms with Crippen LogP contribution in [0.5, 0.6) is 0 Å². The van der Waals surface area contributed by atoms with E-state index < -0.39 is 14.2 Å². The van der Waals surface area contributed by atoms with E-state index in [1.807, 2.05) is 0 Å². The Hall–Kier alpha value is -2.13. The zero-order valence-electron chi connectivity index (χ0n) is 20.3. The van der Waals surface area contributed by atoms with Crippen molar-refractivity contribution in [1.82, 2.24) is 19.4 Å². The Morgan fingerprint density at radius 1 is 1.21 bits per heavy atom. The number of ether oxygens (including phenoxy) is 1. The molecular formula is C24H39N5O3Si. The van der Waals surface area contributed by atoms with E-state index in [0.717, 1.165) is 48.8 Å². The van der Waals surface area contributed by atoms with Crippen molar-refractivity contribution in [3.05, 3.63) is 18.1 Å². The number of rotatable bonds is 9. The van der Waals surface area contributed by atoms with Crippen LogP contribution in [0.1, 0.15) is 44.1 Å². The molecule has 182 valence electrons. The number of anilines is 1. The molecule has 2 aromatic heterocycles. The monoisotopic (exact) mass is 473 g/mol. The fourth-order valence-corrected chi connectivity index (χ4v) is 5.85. The third kappa shape index (κ3) is 6.26. The summed E-state index contributed by atoms with van der Waals surface area (Å²) >= 11 is 0. The van der Waals surface area contributed by atoms with Gasteiger partial charge in [0.05, 0.1) is 5.39 Å². The number of fused-ring (bicyclic) bond motifs is 1. The van der Waals surface area contributed by atoms with Crippen molar-refractivity contribution in [2.75, 3.05) is 25.0 Å². The van der Waals surface area contributed by atoms with Crippen LogP contribution in [0.25, 0.3) is 11.0 Å². The van der Waals surface area contributed by atoms with Crippen molar-refractivity contribution in [2.24, 2.45) is 5.92 Å². The number of nitrogens with zero attached hydrogens (tertiary/aromatic N) is 4. The van der Waals surface area contributed by atoms with Crippen molar-refractivity contribution >= 4 is 31.0 Å². The molecule has 2 N–H and O–H groups in total. The van der Waals surface area contributed by atoms with Crippen LogP contribution in [0.3, 0.4) is 0 Å². The van der Waals surface area contributed by atoms with Gasteiger partial charge in [-0.25, -0.2) is 14.8 Å². The number of hydrogen-bond donors (Lipinski definition) is 2. The highest BCUT2D eigenvalue weighted by atomic mass is 28.3. The zero-order chi connectivity index (χ0) is 23.4. The molecule has 0 unspecified atom stereocenters. The summed E-state index contributed by atoms with van der Waals surface area (Å²) in [5, 5.41) is 14.1. The SMILES string of the molecule is C[Si](C)(C)CCOCn1cc(CC2CCCC2)c2c(N[C@@H]3CCCN(C(=O)O)C3)ncnc21. The first-order chi connectivity index (χ1) is 15.8. The molecule has 0 aromatic carbocycles. The van der Waals surface area contributed by atoms with Crippen LogP contribution in [0.2, 0.25) is 25.7 Å². The van der Waals surface area contributed by atoms with Crippen LogP contribution in [-0.2, 0) is 17.9 Å². The van der Waals surface area contributed by atoms with E-state index in [9.17, 15) is 9.90 Å². The van der Waals surface area contributed by atoms with Gasteiger partial charge in [-0.15, -0.1) is 0 Å². The second-order valence-electron chi connectivity index (χ2n) is 11.0. The van der Waals surface area contributed by atoms with Crippen molar-refractivity contribution in [3.63, 3.8) is 0 Å². The lowest BCUT2D eigenvalue weighted by molar-refractivity contribution is 0.0897. The molecular weight excluding hydrogens is 434 g/mol. The molecule has 1 saturated heterocycles. The number of nitrogens with one attached hydrogen (secondary N) is 1. The van der Waals surface area contributed by atoms with Gasteiger partial charge >= 0.3 is 6.09 Å². The molecule has 4 rings (SSSR count). The number of likely N-dealkylation sites (tertiary alicyclic amines) is 1. The summed E-state index contributed by atoms with van der Waals surface area (Å²) in [4.78, 5) is 22.2. The van der Waals surface area contributed by atoms with Gasteiger partial charge in [0.15, 0.2) is 0 Å². The molecule has 0 radical (unpaired) electrons. The van der Waals surface area contributed by atoms with Crippen molar-refractivity contribution < 1.29 is 14.6 Å². The van der Waals surface area contributed by atoms with Crippen LogP contribution in [-0.4, -0.2) is 64.4 Å². The summed E-state index contributed by atoms with van der Waals surface area (Å²) in [5.41, 5.74) is 2.18. The second kappa shape index (κ2) is 10.4. The van der Waals surface area contributed by atoms with Crippen LogP contribution in [0.15, 0.2) is 12.5 Å². The van der Waals surface area contributed by atoms with Crippen LogP contribution >= 0.6 is 0 Å². The minimum Gasteiger partial charge on any atom is -0.465 e. The minimum absolute atomic E-state index is 0.0589. The molecule has 1 aliphatic heterocycles. The predicted octanol–water partition coefficient (Wildman–Crippen LogP) is 5.03. The molecule has 8 nitrogen and oxygen atoms in total. The maximum atomic E-state index is 11.5. The number of amides is 1. The summed E-state index contributed by atoms with van der Waals surface area (Å²) < 4.78 is 8.19. The van der Waals surface area contributed by atoms with E-state index in [4.69, 9.17) is 4.74 Å². The van der Waals surface area contributed by atoms with Crippen molar-refractivity contribution in [1.29, 1.82) is 0 Å². The first-order valence-electron chi connectivity index (χ1n) is 12.4. The number of carboxylic acid groups (broad SMARTS) is 1. The molecule has 0 spiro atoms. The topological polar surface area (TPSA) is 92.5 Å². The van der Waals surface area contributed by atoms with Gasteiger partial charge in [-0.1, -0.05) is 45.3 Å². The van der Waals surface area contributed by atoms with Crippen molar-refractivity contribution in [2.45, 2.75) is 83.4 Å². The predicted molar refractivity (Wildman–Crippen MR) is 134 cm³/mol. The van der Waals surface area contributed by atoms with Crippen molar-refractivity contribution in [3.8, 4) is 0 Å². The van der Waals surface area contributed by atoms with Gasteiger partial charge < -0.3 is 24.6 Å². The summed E-state index contributed by atoms with van der Waals surface area (Å²) in [6, 6.07) is 1.20. The van der Waals surface area contributed by atoms with E-state index in [-0.39, 0.29) is 6.04 Å². The Labute approximate surface area is 197 Å². The van der Waals surface area contributed by atoms with E-state index in [1.165, 1.54) is 36.1 Å². The van der Waals surface area contributed by atoms with E-state index in [1.54, 1.807) is 6.33 Å². The standard InChI is InChI=1S/C24H39N5O3Si/c1-33(2,3)12-11-32-17-29-14-19(13-18-7-4-5-8-18)21-22(25-16-26-23(21)29)27-20-9-6-10-28(15-20)24(30)31/h14,16,18,20H,4-13,15,17H2,1-3H3,(H,30,31)(H,25,26,27)/t20-/m1/s1. The van der Waals surface area contributed by atoms with Gasteiger partial charge in [0.2, 0.25) is 0 Å². The van der Waals surface area contributed by atoms with Crippen LogP contribution in [0, 0.1) is 5.92 Å². The molecule has 3 heterocycles. The molecule has 2 aliphatic rings. The number of piperidine rings is 1. The summed E-state index contributed by atoms with van der Waals surface area (Å²) in [6.07, 6.45) is 11.0. The Kier molecular flexibility index (Phi) is 7.58. The Balaban J connectivity index is 1.57. The molecule has 1 atom stereocenters. The zero-order valence-corrected chi connectivity index (χ0v) is 21.3. The first kappa shape index (κ1) is 24.0.